The molecular weight excluding hydrogens is 721 g/mol. The number of carbonyl (C=O) groups is 3. The van der Waals surface area contributed by atoms with Crippen LogP contribution in [0, 0.1) is 0 Å². The number of allylic oxidation sites excluding steroid dienone is 8. The molecule has 336 valence electrons. The molecule has 0 aliphatic carbocycles. The van der Waals surface area contributed by atoms with E-state index in [1.54, 1.807) is 0 Å². The number of unbranched alkanes of at least 4 members (excludes halogenated alkanes) is 25. The summed E-state index contributed by atoms with van der Waals surface area (Å²) < 4.78 is 16.7. The zero-order valence-corrected chi connectivity index (χ0v) is 38.3. The number of hydrogen-bond acceptors (Lipinski definition) is 6. The SMILES string of the molecule is CCCC/C=C\C/C=C\CCCCCCCC(=O)OC(COC(=O)CCCCCCC/C=C\CCCC)COC(=O)CCCCCCC/C=C\CCCCCCCC. The van der Waals surface area contributed by atoms with Gasteiger partial charge in [0.1, 0.15) is 13.2 Å². The van der Waals surface area contributed by atoms with E-state index in [0.717, 1.165) is 96.3 Å². The molecule has 6 heteroatoms. The summed E-state index contributed by atoms with van der Waals surface area (Å²) in [5, 5.41) is 0. The highest BCUT2D eigenvalue weighted by molar-refractivity contribution is 5.71. The molecule has 0 saturated carbocycles. The largest absolute Gasteiger partial charge is 0.462 e. The van der Waals surface area contributed by atoms with Gasteiger partial charge in [-0.25, -0.2) is 0 Å². The second-order valence-electron chi connectivity index (χ2n) is 16.4. The molecular formula is C52H92O6. The van der Waals surface area contributed by atoms with E-state index in [1.807, 2.05) is 0 Å². The molecule has 58 heavy (non-hydrogen) atoms. The molecule has 0 rings (SSSR count). The van der Waals surface area contributed by atoms with Crippen LogP contribution in [0.2, 0.25) is 0 Å². The van der Waals surface area contributed by atoms with E-state index in [9.17, 15) is 14.4 Å². The van der Waals surface area contributed by atoms with E-state index in [1.165, 1.54) is 109 Å². The zero-order chi connectivity index (χ0) is 42.3. The Morgan fingerprint density at radius 3 is 1.02 bits per heavy atom. The molecule has 0 fully saturated rings. The standard InChI is InChI=1S/C52H92O6/c1-4-7-10-13-16-19-22-24-26-28-30-33-36-39-42-45-51(54)57-48-49(47-56-50(53)44-41-38-35-32-29-21-18-15-12-9-6-3)58-52(55)46-43-40-37-34-31-27-25-23-20-17-14-11-8-5-2/h14-15,17-18,23-26,49H,4-13,16,19-22,27-48H2,1-3H3/b17-14-,18-15-,25-23-,26-24-. The van der Waals surface area contributed by atoms with Crippen molar-refractivity contribution < 1.29 is 28.6 Å². The van der Waals surface area contributed by atoms with E-state index in [-0.39, 0.29) is 31.1 Å². The molecule has 6 nitrogen and oxygen atoms in total. The fraction of sp³-hybridized carbons (Fsp3) is 0.788. The molecule has 0 saturated heterocycles. The van der Waals surface area contributed by atoms with Gasteiger partial charge in [0.05, 0.1) is 0 Å². The number of carbonyl (C=O) groups excluding carboxylic acids is 3. The summed E-state index contributed by atoms with van der Waals surface area (Å²) in [7, 11) is 0. The van der Waals surface area contributed by atoms with Crippen LogP contribution < -0.4 is 0 Å². The predicted octanol–water partition coefficient (Wildman–Crippen LogP) is 15.9. The molecule has 0 radical (unpaired) electrons. The lowest BCUT2D eigenvalue weighted by atomic mass is 10.1. The highest BCUT2D eigenvalue weighted by Gasteiger charge is 2.19. The minimum Gasteiger partial charge on any atom is -0.462 e. The average molecular weight is 813 g/mol. The normalized spacial score (nSPS) is 12.4. The van der Waals surface area contributed by atoms with Crippen LogP contribution in [-0.2, 0) is 28.6 Å². The molecule has 0 spiro atoms. The quantitative estimate of drug-likeness (QED) is 0.0264. The predicted molar refractivity (Wildman–Crippen MR) is 247 cm³/mol. The van der Waals surface area contributed by atoms with Gasteiger partial charge in [0, 0.05) is 19.3 Å². The Bertz CT molecular complexity index is 1030. The molecule has 0 aliphatic heterocycles. The van der Waals surface area contributed by atoms with E-state index < -0.39 is 6.10 Å². The smallest absolute Gasteiger partial charge is 0.306 e. The highest BCUT2D eigenvalue weighted by atomic mass is 16.6. The van der Waals surface area contributed by atoms with Gasteiger partial charge in [-0.1, -0.05) is 185 Å². The molecule has 0 aromatic rings. The first-order valence-electron chi connectivity index (χ1n) is 24.6. The van der Waals surface area contributed by atoms with Crippen LogP contribution in [0.5, 0.6) is 0 Å². The van der Waals surface area contributed by atoms with Gasteiger partial charge in [0.15, 0.2) is 6.10 Å². The minimum absolute atomic E-state index is 0.0854. The monoisotopic (exact) mass is 813 g/mol. The van der Waals surface area contributed by atoms with Gasteiger partial charge >= 0.3 is 17.9 Å². The van der Waals surface area contributed by atoms with Crippen LogP contribution in [-0.4, -0.2) is 37.2 Å². The lowest BCUT2D eigenvalue weighted by Crippen LogP contribution is -2.30. The third-order valence-corrected chi connectivity index (χ3v) is 10.5. The fourth-order valence-electron chi connectivity index (χ4n) is 6.73. The van der Waals surface area contributed by atoms with Crippen LogP contribution in [0.3, 0.4) is 0 Å². The van der Waals surface area contributed by atoms with Crippen LogP contribution >= 0.6 is 0 Å². The Morgan fingerprint density at radius 2 is 0.638 bits per heavy atom. The van der Waals surface area contributed by atoms with Crippen molar-refractivity contribution in [3.05, 3.63) is 48.6 Å². The Morgan fingerprint density at radius 1 is 0.345 bits per heavy atom. The van der Waals surface area contributed by atoms with Gasteiger partial charge in [-0.05, 0) is 89.9 Å². The van der Waals surface area contributed by atoms with Gasteiger partial charge in [-0.3, -0.25) is 14.4 Å². The summed E-state index contributed by atoms with van der Waals surface area (Å²) >= 11 is 0. The Hall–Kier alpha value is -2.63. The maximum atomic E-state index is 12.7. The minimum atomic E-state index is -0.784. The van der Waals surface area contributed by atoms with Crippen LogP contribution in [0.4, 0.5) is 0 Å². The van der Waals surface area contributed by atoms with Gasteiger partial charge in [-0.2, -0.15) is 0 Å². The van der Waals surface area contributed by atoms with E-state index in [4.69, 9.17) is 14.2 Å². The molecule has 0 amide bonds. The zero-order valence-electron chi connectivity index (χ0n) is 38.3. The molecule has 1 atom stereocenters. The molecule has 0 aromatic carbocycles. The lowest BCUT2D eigenvalue weighted by molar-refractivity contribution is -0.167. The Kier molecular flexibility index (Phi) is 44.9. The molecule has 0 aromatic heterocycles. The summed E-state index contributed by atoms with van der Waals surface area (Å²) in [5.74, 6) is -0.915. The molecule has 0 bridgehead atoms. The summed E-state index contributed by atoms with van der Waals surface area (Å²) in [5.41, 5.74) is 0. The van der Waals surface area contributed by atoms with Crippen LogP contribution in [0.15, 0.2) is 48.6 Å². The van der Waals surface area contributed by atoms with Crippen molar-refractivity contribution in [2.45, 2.75) is 252 Å². The maximum absolute atomic E-state index is 12.7. The van der Waals surface area contributed by atoms with Crippen LogP contribution in [0.1, 0.15) is 245 Å². The molecule has 0 heterocycles. The third-order valence-electron chi connectivity index (χ3n) is 10.5. The topological polar surface area (TPSA) is 78.9 Å². The summed E-state index contributed by atoms with van der Waals surface area (Å²) in [6.07, 6.45) is 55.2. The van der Waals surface area contributed by atoms with Crippen molar-refractivity contribution in [1.29, 1.82) is 0 Å². The Balaban J connectivity index is 4.40. The van der Waals surface area contributed by atoms with Gasteiger partial charge in [0.2, 0.25) is 0 Å². The Labute approximate surface area is 358 Å². The molecule has 0 aliphatic rings. The number of ether oxygens (including phenoxy) is 3. The van der Waals surface area contributed by atoms with E-state index in [2.05, 4.69) is 69.4 Å². The number of rotatable bonds is 44. The van der Waals surface area contributed by atoms with Crippen molar-refractivity contribution in [2.75, 3.05) is 13.2 Å². The van der Waals surface area contributed by atoms with E-state index >= 15 is 0 Å². The van der Waals surface area contributed by atoms with Crippen molar-refractivity contribution in [3.63, 3.8) is 0 Å². The van der Waals surface area contributed by atoms with Crippen LogP contribution in [0.25, 0.3) is 0 Å². The van der Waals surface area contributed by atoms with Gasteiger partial charge in [0.25, 0.3) is 0 Å². The second kappa shape index (κ2) is 47.1. The summed E-state index contributed by atoms with van der Waals surface area (Å²) in [4.78, 5) is 37.8. The van der Waals surface area contributed by atoms with Crippen molar-refractivity contribution in [3.8, 4) is 0 Å². The third kappa shape index (κ3) is 44.5. The van der Waals surface area contributed by atoms with Gasteiger partial charge < -0.3 is 14.2 Å². The second-order valence-corrected chi connectivity index (χ2v) is 16.4. The first-order chi connectivity index (χ1) is 28.5. The maximum Gasteiger partial charge on any atom is 0.306 e. The van der Waals surface area contributed by atoms with Crippen molar-refractivity contribution >= 4 is 17.9 Å². The fourth-order valence-corrected chi connectivity index (χ4v) is 6.73. The summed E-state index contributed by atoms with van der Waals surface area (Å²) in [6.45, 7) is 6.53. The van der Waals surface area contributed by atoms with Gasteiger partial charge in [-0.15, -0.1) is 0 Å². The summed E-state index contributed by atoms with van der Waals surface area (Å²) in [6, 6.07) is 0. The molecule has 1 unspecified atom stereocenters. The highest BCUT2D eigenvalue weighted by Crippen LogP contribution is 2.14. The first-order valence-corrected chi connectivity index (χ1v) is 24.6. The molecule has 0 N–H and O–H groups in total. The lowest BCUT2D eigenvalue weighted by Gasteiger charge is -2.18. The number of esters is 3. The van der Waals surface area contributed by atoms with Crippen molar-refractivity contribution in [2.24, 2.45) is 0 Å². The average Bonchev–Trinajstić information content (AvgIpc) is 3.22. The van der Waals surface area contributed by atoms with E-state index in [0.29, 0.717) is 19.3 Å². The van der Waals surface area contributed by atoms with Crippen molar-refractivity contribution in [1.82, 2.24) is 0 Å². The first kappa shape index (κ1) is 55.4. The number of hydrogen-bond donors (Lipinski definition) is 0.